The van der Waals surface area contributed by atoms with Crippen molar-refractivity contribution in [2.75, 3.05) is 32.1 Å². The van der Waals surface area contributed by atoms with E-state index in [1.54, 1.807) is 7.11 Å². The summed E-state index contributed by atoms with van der Waals surface area (Å²) >= 11 is 3.43. The van der Waals surface area contributed by atoms with Crippen molar-refractivity contribution < 1.29 is 9.53 Å². The van der Waals surface area contributed by atoms with Gasteiger partial charge in [-0.15, -0.1) is 0 Å². The smallest absolute Gasteiger partial charge is 0.238 e. The first-order valence-corrected chi connectivity index (χ1v) is 6.18. The third-order valence-corrected chi connectivity index (χ3v) is 3.08. The van der Waals surface area contributed by atoms with Gasteiger partial charge in [0.2, 0.25) is 5.91 Å². The Bertz CT molecular complexity index is 383. The van der Waals surface area contributed by atoms with E-state index in [1.165, 1.54) is 0 Å². The molecule has 94 valence electrons. The molecular formula is C12H17BrN2O2. The van der Waals surface area contributed by atoms with E-state index in [0.717, 1.165) is 15.7 Å². The SMILES string of the molecule is COCCNCC(=O)Nc1ccc(C)c(Br)c1. The number of nitrogens with one attached hydrogen (secondary N) is 2. The van der Waals surface area contributed by atoms with Crippen molar-refractivity contribution in [1.29, 1.82) is 0 Å². The maximum atomic E-state index is 11.5. The molecule has 1 aromatic rings. The molecule has 4 nitrogen and oxygen atoms in total. The highest BCUT2D eigenvalue weighted by Gasteiger charge is 2.02. The summed E-state index contributed by atoms with van der Waals surface area (Å²) in [4.78, 5) is 11.5. The van der Waals surface area contributed by atoms with Gasteiger partial charge in [0.1, 0.15) is 0 Å². The molecule has 1 amide bonds. The molecule has 0 aliphatic heterocycles. The molecule has 0 unspecified atom stereocenters. The lowest BCUT2D eigenvalue weighted by Crippen LogP contribution is -2.30. The summed E-state index contributed by atoms with van der Waals surface area (Å²) < 4.78 is 5.86. The van der Waals surface area contributed by atoms with E-state index in [9.17, 15) is 4.79 Å². The molecule has 2 N–H and O–H groups in total. The minimum absolute atomic E-state index is 0.0585. The van der Waals surface area contributed by atoms with Crippen LogP contribution in [0, 0.1) is 6.92 Å². The van der Waals surface area contributed by atoms with Crippen LogP contribution in [0.1, 0.15) is 5.56 Å². The first-order valence-electron chi connectivity index (χ1n) is 5.39. The Kier molecular flexibility index (Phi) is 6.18. The lowest BCUT2D eigenvalue weighted by atomic mass is 10.2. The molecule has 0 fully saturated rings. The van der Waals surface area contributed by atoms with Crippen LogP contribution in [-0.4, -0.2) is 32.7 Å². The first kappa shape index (κ1) is 14.2. The molecule has 1 aromatic carbocycles. The predicted octanol–water partition coefficient (Wildman–Crippen LogP) is 1.93. The molecule has 0 atom stereocenters. The predicted molar refractivity (Wildman–Crippen MR) is 72.3 cm³/mol. The van der Waals surface area contributed by atoms with Crippen LogP contribution in [0.4, 0.5) is 5.69 Å². The minimum atomic E-state index is -0.0585. The number of halogens is 1. The Hall–Kier alpha value is -0.910. The molecule has 0 aromatic heterocycles. The van der Waals surface area contributed by atoms with Crippen LogP contribution in [0.25, 0.3) is 0 Å². The van der Waals surface area contributed by atoms with Gasteiger partial charge in [-0.3, -0.25) is 4.79 Å². The minimum Gasteiger partial charge on any atom is -0.383 e. The summed E-state index contributed by atoms with van der Waals surface area (Å²) in [6, 6.07) is 5.73. The lowest BCUT2D eigenvalue weighted by Gasteiger charge is -2.07. The van der Waals surface area contributed by atoms with E-state index in [1.807, 2.05) is 25.1 Å². The summed E-state index contributed by atoms with van der Waals surface area (Å²) in [7, 11) is 1.63. The quantitative estimate of drug-likeness (QED) is 0.789. The van der Waals surface area contributed by atoms with Gasteiger partial charge in [0.05, 0.1) is 13.2 Å². The van der Waals surface area contributed by atoms with Gasteiger partial charge in [0.25, 0.3) is 0 Å². The van der Waals surface area contributed by atoms with Crippen molar-refractivity contribution in [1.82, 2.24) is 5.32 Å². The van der Waals surface area contributed by atoms with Crippen LogP contribution in [0.3, 0.4) is 0 Å². The van der Waals surface area contributed by atoms with E-state index in [4.69, 9.17) is 4.74 Å². The fourth-order valence-electron chi connectivity index (χ4n) is 1.25. The number of methoxy groups -OCH3 is 1. The maximum absolute atomic E-state index is 11.5. The number of carbonyl (C=O) groups is 1. The fourth-order valence-corrected chi connectivity index (χ4v) is 1.63. The molecule has 17 heavy (non-hydrogen) atoms. The van der Waals surface area contributed by atoms with Crippen molar-refractivity contribution in [2.24, 2.45) is 0 Å². The average molecular weight is 301 g/mol. The van der Waals surface area contributed by atoms with E-state index < -0.39 is 0 Å². The van der Waals surface area contributed by atoms with E-state index >= 15 is 0 Å². The van der Waals surface area contributed by atoms with Crippen molar-refractivity contribution in [3.63, 3.8) is 0 Å². The molecule has 0 saturated carbocycles. The zero-order chi connectivity index (χ0) is 12.7. The Morgan fingerprint density at radius 3 is 2.88 bits per heavy atom. The van der Waals surface area contributed by atoms with Crippen LogP contribution in [0.15, 0.2) is 22.7 Å². The topological polar surface area (TPSA) is 50.4 Å². The Morgan fingerprint density at radius 1 is 1.47 bits per heavy atom. The second-order valence-electron chi connectivity index (χ2n) is 3.68. The molecule has 0 aliphatic rings. The molecule has 0 radical (unpaired) electrons. The Morgan fingerprint density at radius 2 is 2.24 bits per heavy atom. The van der Waals surface area contributed by atoms with Gasteiger partial charge in [-0.2, -0.15) is 0 Å². The molecule has 5 heteroatoms. The summed E-state index contributed by atoms with van der Waals surface area (Å²) in [6.07, 6.45) is 0. The lowest BCUT2D eigenvalue weighted by molar-refractivity contribution is -0.115. The van der Waals surface area contributed by atoms with Crippen molar-refractivity contribution >= 4 is 27.5 Å². The highest BCUT2D eigenvalue weighted by molar-refractivity contribution is 9.10. The van der Waals surface area contributed by atoms with Crippen LogP contribution < -0.4 is 10.6 Å². The van der Waals surface area contributed by atoms with Gasteiger partial charge in [0.15, 0.2) is 0 Å². The van der Waals surface area contributed by atoms with E-state index in [2.05, 4.69) is 26.6 Å². The van der Waals surface area contributed by atoms with E-state index in [-0.39, 0.29) is 12.5 Å². The maximum Gasteiger partial charge on any atom is 0.238 e. The zero-order valence-corrected chi connectivity index (χ0v) is 11.6. The zero-order valence-electron chi connectivity index (χ0n) is 10.0. The number of ether oxygens (including phenoxy) is 1. The fraction of sp³-hybridized carbons (Fsp3) is 0.417. The second kappa shape index (κ2) is 7.42. The molecule has 0 heterocycles. The monoisotopic (exact) mass is 300 g/mol. The number of rotatable bonds is 6. The Balaban J connectivity index is 2.37. The van der Waals surface area contributed by atoms with Crippen molar-refractivity contribution in [2.45, 2.75) is 6.92 Å². The van der Waals surface area contributed by atoms with Gasteiger partial charge < -0.3 is 15.4 Å². The highest BCUT2D eigenvalue weighted by atomic mass is 79.9. The number of carbonyl (C=O) groups excluding carboxylic acids is 1. The summed E-state index contributed by atoms with van der Waals surface area (Å²) in [5.74, 6) is -0.0585. The van der Waals surface area contributed by atoms with Gasteiger partial charge in [0, 0.05) is 23.8 Å². The largest absolute Gasteiger partial charge is 0.383 e. The van der Waals surface area contributed by atoms with Gasteiger partial charge in [-0.05, 0) is 24.6 Å². The number of anilines is 1. The first-order chi connectivity index (χ1) is 8.13. The number of hydrogen-bond acceptors (Lipinski definition) is 3. The van der Waals surface area contributed by atoms with E-state index in [0.29, 0.717) is 13.2 Å². The van der Waals surface area contributed by atoms with Crippen molar-refractivity contribution in [3.8, 4) is 0 Å². The summed E-state index contributed by atoms with van der Waals surface area (Å²) in [5.41, 5.74) is 1.93. The summed E-state index contributed by atoms with van der Waals surface area (Å²) in [6.45, 7) is 3.56. The number of hydrogen-bond donors (Lipinski definition) is 2. The van der Waals surface area contributed by atoms with Gasteiger partial charge in [-0.25, -0.2) is 0 Å². The van der Waals surface area contributed by atoms with Gasteiger partial charge in [-0.1, -0.05) is 22.0 Å². The van der Waals surface area contributed by atoms with Crippen LogP contribution >= 0.6 is 15.9 Å². The molecule has 0 saturated heterocycles. The summed E-state index contributed by atoms with van der Waals surface area (Å²) in [5, 5.41) is 5.80. The van der Waals surface area contributed by atoms with Crippen LogP contribution in [-0.2, 0) is 9.53 Å². The number of aryl methyl sites for hydroxylation is 1. The number of benzene rings is 1. The van der Waals surface area contributed by atoms with Crippen LogP contribution in [0.2, 0.25) is 0 Å². The second-order valence-corrected chi connectivity index (χ2v) is 4.54. The number of amides is 1. The molecule has 1 rings (SSSR count). The highest BCUT2D eigenvalue weighted by Crippen LogP contribution is 2.20. The molecule has 0 aliphatic carbocycles. The normalized spacial score (nSPS) is 10.3. The standard InChI is InChI=1S/C12H17BrN2O2/c1-9-3-4-10(7-11(9)13)15-12(16)8-14-5-6-17-2/h3-4,7,14H,5-6,8H2,1-2H3,(H,15,16). The van der Waals surface area contributed by atoms with Crippen molar-refractivity contribution in [3.05, 3.63) is 28.2 Å². The van der Waals surface area contributed by atoms with Crippen LogP contribution in [0.5, 0.6) is 0 Å². The molecular weight excluding hydrogens is 284 g/mol. The van der Waals surface area contributed by atoms with Gasteiger partial charge >= 0.3 is 0 Å². The average Bonchev–Trinajstić information content (AvgIpc) is 2.30. The third kappa shape index (κ3) is 5.30. The molecule has 0 spiro atoms. The molecule has 0 bridgehead atoms. The Labute approximate surface area is 110 Å². The third-order valence-electron chi connectivity index (χ3n) is 2.22.